The van der Waals surface area contributed by atoms with Crippen LogP contribution in [0.25, 0.3) is 0 Å². The van der Waals surface area contributed by atoms with Crippen LogP contribution in [-0.4, -0.2) is 75.2 Å². The van der Waals surface area contributed by atoms with Crippen molar-refractivity contribution in [3.63, 3.8) is 0 Å². The summed E-state index contributed by atoms with van der Waals surface area (Å²) in [6.45, 7) is 15.3. The first kappa shape index (κ1) is 33.1. The maximum absolute atomic E-state index is 3.49. The summed E-state index contributed by atoms with van der Waals surface area (Å²) in [5, 5.41) is 3.49. The highest BCUT2D eigenvalue weighted by Gasteiger charge is 2.14. The average molecular weight is 592 g/mol. The highest BCUT2D eigenvalue weighted by atomic mass is 15.2. The van der Waals surface area contributed by atoms with Crippen molar-refractivity contribution in [3.05, 3.63) is 120 Å². The quantitative estimate of drug-likeness (QED) is 0.134. The van der Waals surface area contributed by atoms with Crippen LogP contribution >= 0.6 is 0 Å². The molecule has 1 N–H and O–H groups in total. The lowest BCUT2D eigenvalue weighted by Crippen LogP contribution is -2.41. The molecule has 0 aromatic heterocycles. The maximum Gasteiger partial charge on any atom is 0.0385 e. The Labute approximate surface area is 267 Å². The Bertz CT molecular complexity index is 1230. The summed E-state index contributed by atoms with van der Waals surface area (Å²) in [6, 6.07) is 39.9. The van der Waals surface area contributed by atoms with Crippen molar-refractivity contribution >= 4 is 22.7 Å². The van der Waals surface area contributed by atoms with Crippen LogP contribution in [0, 0.1) is 0 Å². The van der Waals surface area contributed by atoms with Gasteiger partial charge in [0.25, 0.3) is 0 Å². The van der Waals surface area contributed by atoms with Gasteiger partial charge in [-0.15, -0.1) is 0 Å². The van der Waals surface area contributed by atoms with Gasteiger partial charge in [-0.3, -0.25) is 0 Å². The van der Waals surface area contributed by atoms with Gasteiger partial charge in [0, 0.05) is 74.1 Å². The van der Waals surface area contributed by atoms with E-state index in [4.69, 9.17) is 0 Å². The molecule has 0 heterocycles. The van der Waals surface area contributed by atoms with E-state index in [0.29, 0.717) is 12.1 Å². The summed E-state index contributed by atoms with van der Waals surface area (Å²) in [5.74, 6) is 0. The van der Waals surface area contributed by atoms with E-state index in [1.807, 2.05) is 6.07 Å². The van der Waals surface area contributed by atoms with E-state index in [0.717, 1.165) is 57.1 Å². The molecular weight excluding hydrogens is 538 g/mol. The zero-order valence-electron chi connectivity index (χ0n) is 27.8. The second-order valence-corrected chi connectivity index (χ2v) is 12.5. The van der Waals surface area contributed by atoms with E-state index in [-0.39, 0.29) is 0 Å². The van der Waals surface area contributed by atoms with E-state index in [9.17, 15) is 0 Å². The maximum atomic E-state index is 3.49. The molecule has 0 atom stereocenters. The molecule has 0 radical (unpaired) electrons. The van der Waals surface area contributed by atoms with Gasteiger partial charge < -0.3 is 24.9 Å². The fourth-order valence-corrected chi connectivity index (χ4v) is 5.55. The number of anilines is 4. The number of rotatable bonds is 17. The lowest BCUT2D eigenvalue weighted by atomic mass is 10.0. The topological polar surface area (TPSA) is 25.0 Å². The predicted molar refractivity (Wildman–Crippen MR) is 192 cm³/mol. The molecule has 4 rings (SSSR count). The van der Waals surface area contributed by atoms with E-state index in [2.05, 4.69) is 170 Å². The van der Waals surface area contributed by atoms with Crippen molar-refractivity contribution in [2.24, 2.45) is 0 Å². The number of nitrogens with one attached hydrogen (secondary N) is 1. The Balaban J connectivity index is 1.21. The first-order chi connectivity index (χ1) is 21.3. The summed E-state index contributed by atoms with van der Waals surface area (Å²) in [4.78, 5) is 9.95. The molecule has 0 aliphatic heterocycles. The number of benzene rings is 4. The Kier molecular flexibility index (Phi) is 12.7. The lowest BCUT2D eigenvalue weighted by molar-refractivity contribution is 0.260. The Morgan fingerprint density at radius 2 is 0.841 bits per heavy atom. The summed E-state index contributed by atoms with van der Waals surface area (Å²) in [6.07, 6.45) is 0.979. The fourth-order valence-electron chi connectivity index (χ4n) is 5.55. The van der Waals surface area contributed by atoms with Gasteiger partial charge in [-0.25, -0.2) is 0 Å². The number of para-hydroxylation sites is 1. The SMILES string of the molecule is CC(C)N(CCN(C)CCN(C)CCN(c1ccc(Nc2ccccc2)cc1)C(C)C)c1ccc(Cc2ccccc2)cc1. The minimum absolute atomic E-state index is 0.438. The molecule has 0 saturated heterocycles. The van der Waals surface area contributed by atoms with Crippen LogP contribution < -0.4 is 15.1 Å². The number of nitrogens with zero attached hydrogens (tertiary/aromatic N) is 4. The standard InChI is InChI=1S/C39H53N5/c1-32(2)43(38-21-17-35(18-22-38)31-34-13-9-7-10-14-34)29-27-41(5)25-26-42(6)28-30-44(33(3)4)39-23-19-37(20-24-39)40-36-15-11-8-12-16-36/h7-24,32-33,40H,25-31H2,1-6H3. The molecule has 0 spiro atoms. The molecule has 44 heavy (non-hydrogen) atoms. The monoisotopic (exact) mass is 591 g/mol. The van der Waals surface area contributed by atoms with Crippen LogP contribution in [0.5, 0.6) is 0 Å². The minimum Gasteiger partial charge on any atom is -0.368 e. The largest absolute Gasteiger partial charge is 0.368 e. The van der Waals surface area contributed by atoms with Crippen molar-refractivity contribution in [2.45, 2.75) is 46.2 Å². The van der Waals surface area contributed by atoms with Crippen molar-refractivity contribution in [1.82, 2.24) is 9.80 Å². The lowest BCUT2D eigenvalue weighted by Gasteiger charge is -2.33. The summed E-state index contributed by atoms with van der Waals surface area (Å²) >= 11 is 0. The van der Waals surface area contributed by atoms with E-state index >= 15 is 0 Å². The van der Waals surface area contributed by atoms with Gasteiger partial charge in [0.2, 0.25) is 0 Å². The molecule has 4 aromatic carbocycles. The van der Waals surface area contributed by atoms with Crippen LogP contribution in [0.4, 0.5) is 22.7 Å². The third-order valence-corrected chi connectivity index (χ3v) is 8.34. The summed E-state index contributed by atoms with van der Waals surface area (Å²) in [7, 11) is 4.50. The molecular formula is C39H53N5. The summed E-state index contributed by atoms with van der Waals surface area (Å²) in [5.41, 5.74) is 7.51. The highest BCUT2D eigenvalue weighted by Crippen LogP contribution is 2.23. The van der Waals surface area contributed by atoms with Crippen LogP contribution in [-0.2, 0) is 6.42 Å². The second kappa shape index (κ2) is 16.9. The minimum atomic E-state index is 0.438. The van der Waals surface area contributed by atoms with Gasteiger partial charge >= 0.3 is 0 Å². The fraction of sp³-hybridized carbons (Fsp3) is 0.385. The second-order valence-electron chi connectivity index (χ2n) is 12.5. The number of hydrogen-bond donors (Lipinski definition) is 1. The molecule has 5 nitrogen and oxygen atoms in total. The van der Waals surface area contributed by atoms with Crippen LogP contribution in [0.1, 0.15) is 38.8 Å². The molecule has 0 bridgehead atoms. The average Bonchev–Trinajstić information content (AvgIpc) is 3.02. The van der Waals surface area contributed by atoms with E-state index < -0.39 is 0 Å². The molecule has 0 aliphatic carbocycles. The molecule has 0 saturated carbocycles. The molecule has 5 heteroatoms. The van der Waals surface area contributed by atoms with Crippen molar-refractivity contribution in [1.29, 1.82) is 0 Å². The first-order valence-electron chi connectivity index (χ1n) is 16.2. The van der Waals surface area contributed by atoms with Gasteiger partial charge in [-0.1, -0.05) is 60.7 Å². The smallest absolute Gasteiger partial charge is 0.0385 e. The molecule has 4 aromatic rings. The van der Waals surface area contributed by atoms with Gasteiger partial charge in [-0.05, 0) is 108 Å². The zero-order valence-corrected chi connectivity index (χ0v) is 27.8. The molecule has 234 valence electrons. The van der Waals surface area contributed by atoms with E-state index in [1.54, 1.807) is 0 Å². The highest BCUT2D eigenvalue weighted by molar-refractivity contribution is 5.63. The van der Waals surface area contributed by atoms with Crippen molar-refractivity contribution < 1.29 is 0 Å². The Morgan fingerprint density at radius 3 is 1.32 bits per heavy atom. The number of hydrogen-bond acceptors (Lipinski definition) is 5. The van der Waals surface area contributed by atoms with Crippen LogP contribution in [0.2, 0.25) is 0 Å². The third kappa shape index (κ3) is 10.4. The van der Waals surface area contributed by atoms with E-state index in [1.165, 1.54) is 22.5 Å². The van der Waals surface area contributed by atoms with Crippen molar-refractivity contribution in [2.75, 3.05) is 68.5 Å². The molecule has 0 amide bonds. The Hall–Kier alpha value is -3.80. The normalized spacial score (nSPS) is 11.5. The van der Waals surface area contributed by atoms with Gasteiger partial charge in [-0.2, -0.15) is 0 Å². The number of likely N-dealkylation sites (N-methyl/N-ethyl adjacent to an activating group) is 2. The van der Waals surface area contributed by atoms with Gasteiger partial charge in [0.1, 0.15) is 0 Å². The Morgan fingerprint density at radius 1 is 0.455 bits per heavy atom. The predicted octanol–water partition coefficient (Wildman–Crippen LogP) is 8.01. The molecule has 0 aliphatic rings. The molecule has 0 fully saturated rings. The van der Waals surface area contributed by atoms with Gasteiger partial charge in [0.15, 0.2) is 0 Å². The first-order valence-corrected chi connectivity index (χ1v) is 16.2. The van der Waals surface area contributed by atoms with Crippen molar-refractivity contribution in [3.8, 4) is 0 Å². The third-order valence-electron chi connectivity index (χ3n) is 8.34. The zero-order chi connectivity index (χ0) is 31.3. The van der Waals surface area contributed by atoms with Gasteiger partial charge in [0.05, 0.1) is 0 Å². The van der Waals surface area contributed by atoms with Crippen LogP contribution in [0.15, 0.2) is 109 Å². The summed E-state index contributed by atoms with van der Waals surface area (Å²) < 4.78 is 0. The van der Waals surface area contributed by atoms with Crippen LogP contribution in [0.3, 0.4) is 0 Å². The molecule has 0 unspecified atom stereocenters.